The topological polar surface area (TPSA) is 78.7 Å². The quantitative estimate of drug-likeness (QED) is 0.435. The second-order valence-electron chi connectivity index (χ2n) is 5.12. The van der Waals surface area contributed by atoms with Gasteiger partial charge in [0, 0.05) is 10.3 Å². The Morgan fingerprint density at radius 3 is 2.35 bits per heavy atom. The zero-order valence-corrected chi connectivity index (χ0v) is 12.1. The van der Waals surface area contributed by atoms with Crippen molar-refractivity contribution in [2.24, 2.45) is 5.41 Å². The van der Waals surface area contributed by atoms with Crippen LogP contribution in [0, 0.1) is 15.5 Å². The molecule has 1 aromatic rings. The molecule has 0 unspecified atom stereocenters. The summed E-state index contributed by atoms with van der Waals surface area (Å²) in [6.07, 6.45) is 0.748. The Balaban J connectivity index is 3.27. The van der Waals surface area contributed by atoms with Crippen molar-refractivity contribution in [1.82, 2.24) is 0 Å². The minimum atomic E-state index is -0.841. The van der Waals surface area contributed by atoms with E-state index in [-0.39, 0.29) is 6.54 Å². The molecule has 1 atom stereocenters. The Morgan fingerprint density at radius 2 is 1.90 bits per heavy atom. The van der Waals surface area contributed by atoms with Crippen molar-refractivity contribution in [3.05, 3.63) is 33.9 Å². The van der Waals surface area contributed by atoms with Crippen molar-refractivity contribution in [3.8, 4) is 11.5 Å². The molecule has 0 aromatic heterocycles. The molecule has 0 spiro atoms. The van der Waals surface area contributed by atoms with Gasteiger partial charge in [0.2, 0.25) is 6.54 Å². The molecule has 0 N–H and O–H groups in total. The monoisotopic (exact) mass is 281 g/mol. The number of aldehydes is 1. The average Bonchev–Trinajstić information content (AvgIpc) is 2.43. The van der Waals surface area contributed by atoms with E-state index in [4.69, 9.17) is 9.47 Å². The molecule has 0 radical (unpaired) electrons. The van der Waals surface area contributed by atoms with Gasteiger partial charge in [0.15, 0.2) is 11.5 Å². The molecule has 0 heterocycles. The van der Waals surface area contributed by atoms with Crippen molar-refractivity contribution in [3.63, 3.8) is 0 Å². The molecule has 6 heteroatoms. The zero-order chi connectivity index (χ0) is 15.3. The van der Waals surface area contributed by atoms with Gasteiger partial charge in [-0.3, -0.25) is 10.1 Å². The first-order valence-corrected chi connectivity index (χ1v) is 6.15. The summed E-state index contributed by atoms with van der Waals surface area (Å²) in [4.78, 5) is 21.7. The number of hydrogen-bond donors (Lipinski definition) is 0. The van der Waals surface area contributed by atoms with Crippen LogP contribution in [0.15, 0.2) is 18.2 Å². The van der Waals surface area contributed by atoms with Gasteiger partial charge in [-0.1, -0.05) is 19.9 Å². The van der Waals surface area contributed by atoms with Crippen LogP contribution in [0.25, 0.3) is 0 Å². The number of nitrogens with zero attached hydrogens (tertiary/aromatic N) is 1. The van der Waals surface area contributed by atoms with E-state index in [0.29, 0.717) is 17.1 Å². The summed E-state index contributed by atoms with van der Waals surface area (Å²) in [5, 5.41) is 10.9. The van der Waals surface area contributed by atoms with E-state index in [0.717, 1.165) is 6.29 Å². The lowest BCUT2D eigenvalue weighted by atomic mass is 9.76. The van der Waals surface area contributed by atoms with Gasteiger partial charge in [0.05, 0.1) is 20.1 Å². The lowest BCUT2D eigenvalue weighted by molar-refractivity contribution is -0.485. The summed E-state index contributed by atoms with van der Waals surface area (Å²) in [6.45, 7) is 3.05. The van der Waals surface area contributed by atoms with Crippen molar-refractivity contribution in [2.75, 3.05) is 20.8 Å². The van der Waals surface area contributed by atoms with Crippen LogP contribution in [0.5, 0.6) is 11.5 Å². The van der Waals surface area contributed by atoms with E-state index in [1.807, 2.05) is 0 Å². The van der Waals surface area contributed by atoms with Gasteiger partial charge in [-0.15, -0.1) is 0 Å². The van der Waals surface area contributed by atoms with Gasteiger partial charge < -0.3 is 14.3 Å². The van der Waals surface area contributed by atoms with Crippen LogP contribution in [0.1, 0.15) is 25.3 Å². The van der Waals surface area contributed by atoms with Crippen molar-refractivity contribution >= 4 is 6.29 Å². The minimum Gasteiger partial charge on any atom is -0.493 e. The fourth-order valence-electron chi connectivity index (χ4n) is 2.07. The number of nitro groups is 1. The summed E-state index contributed by atoms with van der Waals surface area (Å²) in [6, 6.07) is 5.08. The first kappa shape index (κ1) is 15.9. The largest absolute Gasteiger partial charge is 0.493 e. The highest BCUT2D eigenvalue weighted by Gasteiger charge is 2.35. The van der Waals surface area contributed by atoms with Gasteiger partial charge in [-0.25, -0.2) is 0 Å². The predicted octanol–water partition coefficient (Wildman–Crippen LogP) is 2.29. The fourth-order valence-corrected chi connectivity index (χ4v) is 2.07. The molecule has 1 aromatic carbocycles. The van der Waals surface area contributed by atoms with E-state index >= 15 is 0 Å². The van der Waals surface area contributed by atoms with Crippen LogP contribution in [-0.4, -0.2) is 32.0 Å². The highest BCUT2D eigenvalue weighted by molar-refractivity contribution is 5.61. The number of carbonyl (C=O) groups excluding carboxylic acids is 1. The van der Waals surface area contributed by atoms with E-state index < -0.39 is 16.3 Å². The van der Waals surface area contributed by atoms with Crippen LogP contribution in [0.4, 0.5) is 0 Å². The maximum atomic E-state index is 11.2. The van der Waals surface area contributed by atoms with Crippen molar-refractivity contribution in [2.45, 2.75) is 19.8 Å². The van der Waals surface area contributed by atoms with E-state index in [1.54, 1.807) is 32.0 Å². The molecule has 0 bridgehead atoms. The average molecular weight is 281 g/mol. The molecule has 20 heavy (non-hydrogen) atoms. The predicted molar refractivity (Wildman–Crippen MR) is 74.0 cm³/mol. The molecule has 110 valence electrons. The highest BCUT2D eigenvalue weighted by Crippen LogP contribution is 2.38. The van der Waals surface area contributed by atoms with Gasteiger partial charge in [-0.05, 0) is 17.7 Å². The fraction of sp³-hybridized carbons (Fsp3) is 0.500. The smallest absolute Gasteiger partial charge is 0.211 e. The number of carbonyl (C=O) groups is 1. The second-order valence-corrected chi connectivity index (χ2v) is 5.12. The number of benzene rings is 1. The van der Waals surface area contributed by atoms with Crippen molar-refractivity contribution < 1.29 is 19.2 Å². The normalized spacial score (nSPS) is 12.6. The first-order valence-electron chi connectivity index (χ1n) is 6.15. The van der Waals surface area contributed by atoms with Crippen LogP contribution in [-0.2, 0) is 4.79 Å². The molecule has 0 saturated carbocycles. The van der Waals surface area contributed by atoms with Gasteiger partial charge >= 0.3 is 0 Å². The summed E-state index contributed by atoms with van der Waals surface area (Å²) < 4.78 is 10.3. The summed E-state index contributed by atoms with van der Waals surface area (Å²) in [5.74, 6) is 0.495. The van der Waals surface area contributed by atoms with Crippen LogP contribution in [0.3, 0.4) is 0 Å². The summed E-state index contributed by atoms with van der Waals surface area (Å²) >= 11 is 0. The lowest BCUT2D eigenvalue weighted by Gasteiger charge is -2.27. The van der Waals surface area contributed by atoms with Crippen molar-refractivity contribution in [1.29, 1.82) is 0 Å². The molecule has 0 saturated heterocycles. The Labute approximate surface area is 117 Å². The third kappa shape index (κ3) is 3.46. The number of hydrogen-bond acceptors (Lipinski definition) is 5. The molecule has 0 aliphatic heterocycles. The third-order valence-electron chi connectivity index (χ3n) is 3.34. The standard InChI is InChI=1S/C14H19NO5/c1-14(2,9-16)11(8-15(17)18)10-5-6-12(19-3)13(7-10)20-4/h5-7,9,11H,8H2,1-4H3/t11-/m1/s1. The van der Waals surface area contributed by atoms with Gasteiger partial charge in [0.1, 0.15) is 6.29 Å². The molecular formula is C14H19NO5. The number of methoxy groups -OCH3 is 2. The molecule has 0 fully saturated rings. The Kier molecular flexibility index (Phi) is 5.07. The Morgan fingerprint density at radius 1 is 1.30 bits per heavy atom. The van der Waals surface area contributed by atoms with Gasteiger partial charge in [-0.2, -0.15) is 0 Å². The SMILES string of the molecule is COc1ccc([C@@H](C[N+](=O)[O-])C(C)(C)C=O)cc1OC. The molecular weight excluding hydrogens is 262 g/mol. The third-order valence-corrected chi connectivity index (χ3v) is 3.34. The highest BCUT2D eigenvalue weighted by atomic mass is 16.6. The number of ether oxygens (including phenoxy) is 2. The molecule has 6 nitrogen and oxygen atoms in total. The molecule has 0 amide bonds. The van der Waals surface area contributed by atoms with Crippen LogP contribution < -0.4 is 9.47 Å². The summed E-state index contributed by atoms with van der Waals surface area (Å²) in [7, 11) is 3.01. The van der Waals surface area contributed by atoms with E-state index in [9.17, 15) is 14.9 Å². The first-order chi connectivity index (χ1) is 9.35. The summed E-state index contributed by atoms with van der Waals surface area (Å²) in [5.41, 5.74) is -0.163. The van der Waals surface area contributed by atoms with Crippen LogP contribution in [0.2, 0.25) is 0 Å². The zero-order valence-electron chi connectivity index (χ0n) is 12.1. The minimum absolute atomic E-state index is 0.318. The maximum absolute atomic E-state index is 11.2. The van der Waals surface area contributed by atoms with Crippen LogP contribution >= 0.6 is 0 Å². The number of rotatable bonds is 7. The molecule has 0 aliphatic rings. The molecule has 0 aliphatic carbocycles. The van der Waals surface area contributed by atoms with E-state index in [2.05, 4.69) is 0 Å². The van der Waals surface area contributed by atoms with Gasteiger partial charge in [0.25, 0.3) is 0 Å². The van der Waals surface area contributed by atoms with E-state index in [1.165, 1.54) is 14.2 Å². The Hall–Kier alpha value is -2.11. The maximum Gasteiger partial charge on any atom is 0.211 e. The Bertz CT molecular complexity index is 498. The second kappa shape index (κ2) is 6.36. The lowest BCUT2D eigenvalue weighted by Crippen LogP contribution is -2.29. The molecule has 1 rings (SSSR count).